The van der Waals surface area contributed by atoms with Crippen molar-refractivity contribution < 1.29 is 4.79 Å². The topological polar surface area (TPSA) is 35.6 Å². The number of carbonyl (C=O) groups is 1. The SMILES string of the molecule is CC(C)C1NC(c2cccs2)N(CC2CCCN2C)C1=O. The predicted molar refractivity (Wildman–Crippen MR) is 86.2 cm³/mol. The van der Waals surface area contributed by atoms with Crippen LogP contribution in [0.1, 0.15) is 37.7 Å². The first-order valence-electron chi connectivity index (χ1n) is 7.88. The molecule has 0 spiro atoms. The summed E-state index contributed by atoms with van der Waals surface area (Å²) >= 11 is 1.73. The normalized spacial score (nSPS) is 30.8. The fraction of sp³-hybridized carbons (Fsp3) is 0.688. The van der Waals surface area contributed by atoms with Gasteiger partial charge in [-0.2, -0.15) is 0 Å². The van der Waals surface area contributed by atoms with Crippen molar-refractivity contribution in [1.29, 1.82) is 0 Å². The Balaban J connectivity index is 1.81. The van der Waals surface area contributed by atoms with Gasteiger partial charge in [-0.3, -0.25) is 10.1 Å². The maximum atomic E-state index is 12.8. The van der Waals surface area contributed by atoms with Gasteiger partial charge in [0, 0.05) is 17.5 Å². The Morgan fingerprint density at radius 1 is 1.48 bits per heavy atom. The molecule has 1 amide bonds. The Morgan fingerprint density at radius 2 is 2.29 bits per heavy atom. The molecule has 1 N–H and O–H groups in total. The number of carbonyl (C=O) groups excluding carboxylic acids is 1. The van der Waals surface area contributed by atoms with E-state index < -0.39 is 0 Å². The summed E-state index contributed by atoms with van der Waals surface area (Å²) < 4.78 is 0. The molecular weight excluding hydrogens is 282 g/mol. The number of nitrogens with zero attached hydrogens (tertiary/aromatic N) is 2. The van der Waals surface area contributed by atoms with Gasteiger partial charge in [0.15, 0.2) is 0 Å². The van der Waals surface area contributed by atoms with Crippen molar-refractivity contribution in [2.45, 2.75) is 44.9 Å². The van der Waals surface area contributed by atoms with Crippen molar-refractivity contribution in [3.8, 4) is 0 Å². The quantitative estimate of drug-likeness (QED) is 0.927. The van der Waals surface area contributed by atoms with Gasteiger partial charge in [-0.25, -0.2) is 0 Å². The van der Waals surface area contributed by atoms with E-state index in [0.29, 0.717) is 12.0 Å². The van der Waals surface area contributed by atoms with Crippen molar-refractivity contribution >= 4 is 17.2 Å². The van der Waals surface area contributed by atoms with E-state index >= 15 is 0 Å². The Hall–Kier alpha value is -0.910. The summed E-state index contributed by atoms with van der Waals surface area (Å²) in [6, 6.07) is 4.64. The van der Waals surface area contributed by atoms with Gasteiger partial charge in [0.25, 0.3) is 0 Å². The van der Waals surface area contributed by atoms with Crippen molar-refractivity contribution in [2.24, 2.45) is 5.92 Å². The Labute approximate surface area is 131 Å². The molecule has 3 unspecified atom stereocenters. The highest BCUT2D eigenvalue weighted by molar-refractivity contribution is 7.10. The molecule has 2 saturated heterocycles. The third kappa shape index (κ3) is 2.87. The van der Waals surface area contributed by atoms with Gasteiger partial charge < -0.3 is 9.80 Å². The molecule has 2 aliphatic heterocycles. The van der Waals surface area contributed by atoms with E-state index in [1.165, 1.54) is 17.7 Å². The van der Waals surface area contributed by atoms with E-state index in [-0.39, 0.29) is 18.1 Å². The van der Waals surface area contributed by atoms with Crippen LogP contribution < -0.4 is 5.32 Å². The van der Waals surface area contributed by atoms with Gasteiger partial charge in [-0.15, -0.1) is 11.3 Å². The first-order chi connectivity index (χ1) is 10.1. The standard InChI is InChI=1S/C16H25N3OS/c1-11(2)14-16(20)19(10-12-6-4-8-18(12)3)15(17-14)13-7-5-9-21-13/h5,7,9,11-12,14-15,17H,4,6,8,10H2,1-3H3. The Kier molecular flexibility index (Phi) is 4.33. The maximum absolute atomic E-state index is 12.8. The number of amides is 1. The maximum Gasteiger partial charge on any atom is 0.241 e. The number of nitrogens with one attached hydrogen (secondary N) is 1. The van der Waals surface area contributed by atoms with Crippen molar-refractivity contribution in [2.75, 3.05) is 20.1 Å². The average Bonchev–Trinajstić information content (AvgIpc) is 3.13. The van der Waals surface area contributed by atoms with E-state index in [1.54, 1.807) is 11.3 Å². The van der Waals surface area contributed by atoms with Crippen LogP contribution in [0.5, 0.6) is 0 Å². The minimum Gasteiger partial charge on any atom is -0.319 e. The molecule has 2 aliphatic rings. The zero-order valence-corrected chi connectivity index (χ0v) is 13.9. The van der Waals surface area contributed by atoms with Crippen molar-refractivity contribution in [3.05, 3.63) is 22.4 Å². The summed E-state index contributed by atoms with van der Waals surface area (Å²) in [5, 5.41) is 5.64. The van der Waals surface area contributed by atoms with Crippen LogP contribution in [0.4, 0.5) is 0 Å². The van der Waals surface area contributed by atoms with Crippen LogP contribution in [-0.4, -0.2) is 47.9 Å². The zero-order chi connectivity index (χ0) is 15.0. The summed E-state index contributed by atoms with van der Waals surface area (Å²) in [7, 11) is 2.17. The highest BCUT2D eigenvalue weighted by Crippen LogP contribution is 2.32. The smallest absolute Gasteiger partial charge is 0.241 e. The molecule has 3 atom stereocenters. The van der Waals surface area contributed by atoms with E-state index in [2.05, 4.69) is 53.5 Å². The summed E-state index contributed by atoms with van der Waals surface area (Å²) in [6.07, 6.45) is 2.50. The summed E-state index contributed by atoms with van der Waals surface area (Å²) in [5.74, 6) is 0.593. The third-order valence-corrected chi connectivity index (χ3v) is 5.68. The lowest BCUT2D eigenvalue weighted by Crippen LogP contribution is -2.42. The first-order valence-corrected chi connectivity index (χ1v) is 8.76. The predicted octanol–water partition coefficient (Wildman–Crippen LogP) is 2.30. The van der Waals surface area contributed by atoms with Crippen LogP contribution >= 0.6 is 11.3 Å². The molecule has 0 bridgehead atoms. The van der Waals surface area contributed by atoms with Crippen LogP contribution in [0.15, 0.2) is 17.5 Å². The fourth-order valence-corrected chi connectivity index (χ4v) is 4.23. The summed E-state index contributed by atoms with van der Waals surface area (Å²) in [5.41, 5.74) is 0. The van der Waals surface area contributed by atoms with E-state index in [1.807, 2.05) is 0 Å². The van der Waals surface area contributed by atoms with Crippen LogP contribution in [0.2, 0.25) is 0 Å². The van der Waals surface area contributed by atoms with Crippen molar-refractivity contribution in [3.63, 3.8) is 0 Å². The highest BCUT2D eigenvalue weighted by Gasteiger charge is 2.42. The second-order valence-corrected chi connectivity index (χ2v) is 7.55. The van der Waals surface area contributed by atoms with Gasteiger partial charge >= 0.3 is 0 Å². The molecule has 3 rings (SSSR count). The lowest BCUT2D eigenvalue weighted by Gasteiger charge is -2.29. The Bertz CT molecular complexity index is 488. The molecule has 0 aromatic carbocycles. The molecule has 3 heterocycles. The van der Waals surface area contributed by atoms with E-state index in [4.69, 9.17) is 0 Å². The van der Waals surface area contributed by atoms with Gasteiger partial charge in [0.05, 0.1) is 6.04 Å². The molecule has 21 heavy (non-hydrogen) atoms. The lowest BCUT2D eigenvalue weighted by molar-refractivity contribution is -0.131. The molecule has 1 aromatic heterocycles. The second-order valence-electron chi connectivity index (χ2n) is 6.57. The molecule has 0 radical (unpaired) electrons. The van der Waals surface area contributed by atoms with Gasteiger partial charge in [-0.1, -0.05) is 19.9 Å². The molecule has 116 valence electrons. The van der Waals surface area contributed by atoms with E-state index in [9.17, 15) is 4.79 Å². The molecule has 0 aliphatic carbocycles. The molecule has 2 fully saturated rings. The minimum atomic E-state index is -0.0520. The molecule has 5 heteroatoms. The summed E-state index contributed by atoms with van der Waals surface area (Å²) in [6.45, 7) is 6.23. The van der Waals surface area contributed by atoms with Gasteiger partial charge in [0.2, 0.25) is 5.91 Å². The lowest BCUT2D eigenvalue weighted by atomic mass is 10.0. The van der Waals surface area contributed by atoms with Crippen LogP contribution in [0.3, 0.4) is 0 Å². The fourth-order valence-electron chi connectivity index (χ4n) is 3.43. The second kappa shape index (κ2) is 6.07. The zero-order valence-electron chi connectivity index (χ0n) is 13.1. The number of hydrogen-bond donors (Lipinski definition) is 1. The molecule has 1 aromatic rings. The number of thiophene rings is 1. The monoisotopic (exact) mass is 307 g/mol. The highest BCUT2D eigenvalue weighted by atomic mass is 32.1. The largest absolute Gasteiger partial charge is 0.319 e. The third-order valence-electron chi connectivity index (χ3n) is 4.76. The molecule has 4 nitrogen and oxygen atoms in total. The number of rotatable bonds is 4. The first kappa shape index (κ1) is 15.0. The molecule has 0 saturated carbocycles. The van der Waals surface area contributed by atoms with Crippen LogP contribution in [0.25, 0.3) is 0 Å². The van der Waals surface area contributed by atoms with Crippen LogP contribution in [-0.2, 0) is 4.79 Å². The Morgan fingerprint density at radius 3 is 2.86 bits per heavy atom. The van der Waals surface area contributed by atoms with Gasteiger partial charge in [-0.05, 0) is 43.8 Å². The van der Waals surface area contributed by atoms with E-state index in [0.717, 1.165) is 13.1 Å². The van der Waals surface area contributed by atoms with Crippen molar-refractivity contribution in [1.82, 2.24) is 15.1 Å². The summed E-state index contributed by atoms with van der Waals surface area (Å²) in [4.78, 5) is 18.5. The number of hydrogen-bond acceptors (Lipinski definition) is 4. The molecular formula is C16H25N3OS. The number of likely N-dealkylation sites (N-methyl/N-ethyl adjacent to an activating group) is 1. The minimum absolute atomic E-state index is 0.0520. The number of likely N-dealkylation sites (tertiary alicyclic amines) is 1. The van der Waals surface area contributed by atoms with Crippen LogP contribution in [0, 0.1) is 5.92 Å². The average molecular weight is 307 g/mol. The van der Waals surface area contributed by atoms with Gasteiger partial charge in [0.1, 0.15) is 6.17 Å².